The van der Waals surface area contributed by atoms with Crippen molar-refractivity contribution in [2.75, 3.05) is 22.1 Å². The van der Waals surface area contributed by atoms with Crippen molar-refractivity contribution in [3.05, 3.63) is 23.2 Å². The average Bonchev–Trinajstić information content (AvgIpc) is 2.65. The molecular formula is C21H34ClFN8. The fourth-order valence-corrected chi connectivity index (χ4v) is 3.38. The minimum absolute atomic E-state index is 0.00599. The molecule has 0 spiro atoms. The van der Waals surface area contributed by atoms with Crippen molar-refractivity contribution in [1.82, 2.24) is 19.9 Å². The summed E-state index contributed by atoms with van der Waals surface area (Å²) < 4.78 is 14.1. The van der Waals surface area contributed by atoms with Crippen molar-refractivity contribution in [2.24, 2.45) is 10.8 Å². The molecule has 2 aromatic heterocycles. The second kappa shape index (κ2) is 9.80. The van der Waals surface area contributed by atoms with E-state index in [1.54, 1.807) is 0 Å². The van der Waals surface area contributed by atoms with Gasteiger partial charge in [-0.3, -0.25) is 0 Å². The summed E-state index contributed by atoms with van der Waals surface area (Å²) in [7, 11) is 0. The summed E-state index contributed by atoms with van der Waals surface area (Å²) in [6, 6.07) is 0.0888. The van der Waals surface area contributed by atoms with Gasteiger partial charge in [0.1, 0.15) is 5.02 Å². The van der Waals surface area contributed by atoms with E-state index in [9.17, 15) is 4.39 Å². The van der Waals surface area contributed by atoms with E-state index in [1.165, 1.54) is 6.20 Å². The molecule has 0 fully saturated rings. The number of nitrogens with one attached hydrogen (secondary N) is 2. The Hall–Kier alpha value is -2.42. The second-order valence-corrected chi connectivity index (χ2v) is 10.1. The number of anilines is 4. The van der Waals surface area contributed by atoms with E-state index in [0.717, 1.165) is 25.5 Å². The Morgan fingerprint density at radius 3 is 2.19 bits per heavy atom. The zero-order valence-electron chi connectivity index (χ0n) is 19.1. The smallest absolute Gasteiger partial charge is 0.222 e. The standard InChI is InChI=1S/C21H34ClFN8/c1-12(28-16-13(22)10-26-18(24)30-16)21(5,6)9-7-8-15(20(2,3)4)29-17-14(23)11-27-19(25)31-17/h10-12,15H,7-9H2,1-6H3,(H3,24,26,28,30)(H3,25,27,29,31)/t12-,15-/m0/s1. The van der Waals surface area contributed by atoms with E-state index < -0.39 is 5.82 Å². The predicted octanol–water partition coefficient (Wildman–Crippen LogP) is 4.75. The lowest BCUT2D eigenvalue weighted by atomic mass is 9.78. The molecule has 10 heteroatoms. The van der Waals surface area contributed by atoms with Crippen LogP contribution in [0.4, 0.5) is 27.9 Å². The molecule has 0 aliphatic rings. The zero-order valence-corrected chi connectivity index (χ0v) is 19.9. The summed E-state index contributed by atoms with van der Waals surface area (Å²) in [6.07, 6.45) is 5.28. The Morgan fingerprint density at radius 1 is 1.00 bits per heavy atom. The number of halogens is 2. The van der Waals surface area contributed by atoms with Crippen molar-refractivity contribution in [2.45, 2.75) is 72.9 Å². The molecule has 2 aromatic rings. The highest BCUT2D eigenvalue weighted by molar-refractivity contribution is 6.32. The van der Waals surface area contributed by atoms with Crippen molar-refractivity contribution < 1.29 is 4.39 Å². The first-order valence-electron chi connectivity index (χ1n) is 10.4. The topological polar surface area (TPSA) is 128 Å². The lowest BCUT2D eigenvalue weighted by Gasteiger charge is -2.36. The van der Waals surface area contributed by atoms with Gasteiger partial charge in [-0.05, 0) is 30.6 Å². The SMILES string of the molecule is C[C@H](Nc1nc(N)ncc1Cl)C(C)(C)CCC[C@H](Nc1nc(N)ncc1F)C(C)(C)C. The van der Waals surface area contributed by atoms with E-state index in [-0.39, 0.29) is 40.6 Å². The molecule has 0 aromatic carbocycles. The molecule has 0 radical (unpaired) electrons. The molecule has 8 nitrogen and oxygen atoms in total. The maximum atomic E-state index is 14.1. The summed E-state index contributed by atoms with van der Waals surface area (Å²) in [5.41, 5.74) is 11.1. The van der Waals surface area contributed by atoms with Gasteiger partial charge >= 0.3 is 0 Å². The van der Waals surface area contributed by atoms with E-state index in [2.05, 4.69) is 72.1 Å². The molecule has 2 atom stereocenters. The van der Waals surface area contributed by atoms with Crippen LogP contribution < -0.4 is 22.1 Å². The first-order chi connectivity index (χ1) is 14.3. The van der Waals surface area contributed by atoms with Gasteiger partial charge in [0.25, 0.3) is 0 Å². The Labute approximate surface area is 188 Å². The fraction of sp³-hybridized carbons (Fsp3) is 0.619. The quantitative estimate of drug-likeness (QED) is 0.429. The summed E-state index contributed by atoms with van der Waals surface area (Å²) >= 11 is 6.19. The third kappa shape index (κ3) is 7.05. The van der Waals surface area contributed by atoms with Gasteiger partial charge in [0.05, 0.1) is 12.4 Å². The van der Waals surface area contributed by atoms with Gasteiger partial charge in [-0.25, -0.2) is 14.4 Å². The van der Waals surface area contributed by atoms with Gasteiger partial charge < -0.3 is 22.1 Å². The minimum Gasteiger partial charge on any atom is -0.368 e. The molecule has 2 rings (SSSR count). The summed E-state index contributed by atoms with van der Waals surface area (Å²) in [5, 5.41) is 7.01. The van der Waals surface area contributed by atoms with Crippen molar-refractivity contribution in [1.29, 1.82) is 0 Å². The largest absolute Gasteiger partial charge is 0.368 e. The van der Waals surface area contributed by atoms with Crippen LogP contribution in [0.25, 0.3) is 0 Å². The highest BCUT2D eigenvalue weighted by atomic mass is 35.5. The number of nitrogen functional groups attached to an aromatic ring is 2. The number of hydrogen-bond acceptors (Lipinski definition) is 8. The lowest BCUT2D eigenvalue weighted by Crippen LogP contribution is -2.37. The van der Waals surface area contributed by atoms with Crippen LogP contribution in [0, 0.1) is 16.6 Å². The molecule has 172 valence electrons. The number of nitrogens with zero attached hydrogens (tertiary/aromatic N) is 4. The summed E-state index contributed by atoms with van der Waals surface area (Å²) in [4.78, 5) is 15.8. The predicted molar refractivity (Wildman–Crippen MR) is 125 cm³/mol. The molecule has 2 heterocycles. The van der Waals surface area contributed by atoms with Crippen molar-refractivity contribution >= 4 is 35.1 Å². The Kier molecular flexibility index (Phi) is 7.86. The van der Waals surface area contributed by atoms with E-state index >= 15 is 0 Å². The maximum absolute atomic E-state index is 14.1. The number of rotatable bonds is 9. The minimum atomic E-state index is -0.511. The highest BCUT2D eigenvalue weighted by Gasteiger charge is 2.30. The van der Waals surface area contributed by atoms with Gasteiger partial charge in [-0.1, -0.05) is 52.6 Å². The highest BCUT2D eigenvalue weighted by Crippen LogP contribution is 2.34. The third-order valence-corrected chi connectivity index (χ3v) is 6.00. The molecular weight excluding hydrogens is 419 g/mol. The number of nitrogens with two attached hydrogens (primary N) is 2. The van der Waals surface area contributed by atoms with E-state index in [4.69, 9.17) is 23.1 Å². The lowest BCUT2D eigenvalue weighted by molar-refractivity contribution is 0.258. The van der Waals surface area contributed by atoms with Crippen LogP contribution in [0.2, 0.25) is 5.02 Å². The Balaban J connectivity index is 2.01. The van der Waals surface area contributed by atoms with E-state index in [0.29, 0.717) is 10.8 Å². The fourth-order valence-electron chi connectivity index (χ4n) is 3.23. The third-order valence-electron chi connectivity index (χ3n) is 5.72. The van der Waals surface area contributed by atoms with Crippen LogP contribution in [0.3, 0.4) is 0 Å². The van der Waals surface area contributed by atoms with Gasteiger partial charge in [-0.15, -0.1) is 0 Å². The molecule has 0 bridgehead atoms. The monoisotopic (exact) mass is 452 g/mol. The Morgan fingerprint density at radius 2 is 1.58 bits per heavy atom. The normalized spacial score (nSPS) is 14.2. The summed E-state index contributed by atoms with van der Waals surface area (Å²) in [6.45, 7) is 12.8. The Bertz CT molecular complexity index is 884. The molecule has 0 aliphatic carbocycles. The van der Waals surface area contributed by atoms with Gasteiger partial charge in [-0.2, -0.15) is 9.97 Å². The van der Waals surface area contributed by atoms with Crippen molar-refractivity contribution in [3.8, 4) is 0 Å². The molecule has 6 N–H and O–H groups in total. The van der Waals surface area contributed by atoms with Gasteiger partial charge in [0.2, 0.25) is 11.9 Å². The van der Waals surface area contributed by atoms with Gasteiger partial charge in [0, 0.05) is 12.1 Å². The van der Waals surface area contributed by atoms with Crippen LogP contribution in [0.1, 0.15) is 60.8 Å². The molecule has 0 unspecified atom stereocenters. The first-order valence-corrected chi connectivity index (χ1v) is 10.8. The van der Waals surface area contributed by atoms with Crippen LogP contribution in [-0.4, -0.2) is 32.0 Å². The molecule has 0 aliphatic heterocycles. The molecule has 0 saturated carbocycles. The van der Waals surface area contributed by atoms with Crippen LogP contribution in [0.15, 0.2) is 12.4 Å². The number of hydrogen-bond donors (Lipinski definition) is 4. The second-order valence-electron chi connectivity index (χ2n) is 9.66. The molecule has 0 amide bonds. The van der Waals surface area contributed by atoms with Crippen LogP contribution in [0.5, 0.6) is 0 Å². The summed E-state index contributed by atoms with van der Waals surface area (Å²) in [5.74, 6) is 0.372. The number of aromatic nitrogens is 4. The van der Waals surface area contributed by atoms with Gasteiger partial charge in [0.15, 0.2) is 17.5 Å². The van der Waals surface area contributed by atoms with Crippen LogP contribution in [-0.2, 0) is 0 Å². The maximum Gasteiger partial charge on any atom is 0.222 e. The molecule has 31 heavy (non-hydrogen) atoms. The van der Waals surface area contributed by atoms with Crippen molar-refractivity contribution in [3.63, 3.8) is 0 Å². The van der Waals surface area contributed by atoms with Crippen LogP contribution >= 0.6 is 11.6 Å². The molecule has 0 saturated heterocycles. The van der Waals surface area contributed by atoms with E-state index in [1.807, 2.05) is 0 Å². The zero-order chi connectivity index (χ0) is 23.4. The first kappa shape index (κ1) is 24.8. The average molecular weight is 453 g/mol.